The van der Waals surface area contributed by atoms with E-state index in [-0.39, 0.29) is 11.7 Å². The molecule has 0 aliphatic carbocycles. The minimum Gasteiger partial charge on any atom is -0.465 e. The summed E-state index contributed by atoms with van der Waals surface area (Å²) < 4.78 is 4.85. The van der Waals surface area contributed by atoms with Gasteiger partial charge in [-0.05, 0) is 31.9 Å². The Kier molecular flexibility index (Phi) is 5.66. The zero-order valence-electron chi connectivity index (χ0n) is 10.8. The van der Waals surface area contributed by atoms with E-state index in [1.54, 1.807) is 6.92 Å². The molecule has 0 N–H and O–H groups in total. The number of hydrogen-bond acceptors (Lipinski definition) is 5. The fourth-order valence-corrected chi connectivity index (χ4v) is 2.28. The molecule has 1 aromatic rings. The summed E-state index contributed by atoms with van der Waals surface area (Å²) in [5, 5.41) is 9.66. The molecule has 96 valence electrons. The number of nitrogens with zero attached hydrogens (tertiary/aromatic N) is 2. The minimum atomic E-state index is -0.285. The zero-order chi connectivity index (χ0) is 13.5. The van der Waals surface area contributed by atoms with E-state index in [1.807, 2.05) is 19.9 Å². The van der Waals surface area contributed by atoms with Gasteiger partial charge >= 0.3 is 5.97 Å². The van der Waals surface area contributed by atoms with E-state index >= 15 is 0 Å². The van der Waals surface area contributed by atoms with Crippen molar-refractivity contribution < 1.29 is 9.53 Å². The van der Waals surface area contributed by atoms with Crippen LogP contribution < -0.4 is 0 Å². The number of carbonyl (C=O) groups is 1. The van der Waals surface area contributed by atoms with Gasteiger partial charge in [0.15, 0.2) is 0 Å². The zero-order valence-corrected chi connectivity index (χ0v) is 11.6. The molecule has 0 spiro atoms. The molecule has 5 heteroatoms. The number of ether oxygens (including phenoxy) is 1. The standard InChI is InChI=1S/C13H16N2O2S/c1-4-11-9(3)6-10(7-14)13(15-11)18-8-12(16)17-5-2/h6H,4-5,8H2,1-3H3. The highest BCUT2D eigenvalue weighted by atomic mass is 32.2. The monoisotopic (exact) mass is 264 g/mol. The Morgan fingerprint density at radius 1 is 1.56 bits per heavy atom. The summed E-state index contributed by atoms with van der Waals surface area (Å²) >= 11 is 1.25. The molecule has 0 fully saturated rings. The van der Waals surface area contributed by atoms with E-state index < -0.39 is 0 Å². The Morgan fingerprint density at radius 2 is 2.28 bits per heavy atom. The Hall–Kier alpha value is -1.54. The highest BCUT2D eigenvalue weighted by Gasteiger charge is 2.11. The molecule has 4 nitrogen and oxygen atoms in total. The number of aromatic nitrogens is 1. The molecule has 18 heavy (non-hydrogen) atoms. The van der Waals surface area contributed by atoms with Crippen LogP contribution in [-0.2, 0) is 16.0 Å². The lowest BCUT2D eigenvalue weighted by Gasteiger charge is -2.08. The van der Waals surface area contributed by atoms with Gasteiger partial charge in [0, 0.05) is 5.69 Å². The van der Waals surface area contributed by atoms with Gasteiger partial charge in [0.1, 0.15) is 11.1 Å². The molecule has 0 unspecified atom stereocenters. The van der Waals surface area contributed by atoms with Crippen LogP contribution in [0, 0.1) is 18.3 Å². The summed E-state index contributed by atoms with van der Waals surface area (Å²) in [6, 6.07) is 3.93. The van der Waals surface area contributed by atoms with Gasteiger partial charge in [-0.3, -0.25) is 4.79 Å². The van der Waals surface area contributed by atoms with E-state index in [9.17, 15) is 4.79 Å². The van der Waals surface area contributed by atoms with Gasteiger partial charge in [-0.15, -0.1) is 0 Å². The van der Waals surface area contributed by atoms with Crippen LogP contribution in [0.2, 0.25) is 0 Å². The first-order valence-corrected chi connectivity index (χ1v) is 6.79. The number of nitriles is 1. The average Bonchev–Trinajstić information content (AvgIpc) is 2.37. The summed E-state index contributed by atoms with van der Waals surface area (Å²) in [5.41, 5.74) is 2.48. The van der Waals surface area contributed by atoms with Gasteiger partial charge in [0.2, 0.25) is 0 Å². The van der Waals surface area contributed by atoms with Crippen LogP contribution in [0.15, 0.2) is 11.1 Å². The van der Waals surface area contributed by atoms with E-state index in [0.717, 1.165) is 17.7 Å². The Balaban J connectivity index is 2.87. The fourth-order valence-electron chi connectivity index (χ4n) is 1.51. The van der Waals surface area contributed by atoms with Crippen molar-refractivity contribution in [2.75, 3.05) is 12.4 Å². The van der Waals surface area contributed by atoms with Crippen molar-refractivity contribution in [3.63, 3.8) is 0 Å². The largest absolute Gasteiger partial charge is 0.465 e. The topological polar surface area (TPSA) is 63.0 Å². The second-order valence-electron chi connectivity index (χ2n) is 3.66. The lowest BCUT2D eigenvalue weighted by molar-refractivity contribution is -0.139. The van der Waals surface area contributed by atoms with Gasteiger partial charge in [-0.2, -0.15) is 5.26 Å². The number of pyridine rings is 1. The van der Waals surface area contributed by atoms with Crippen LogP contribution in [0.25, 0.3) is 0 Å². The third-order valence-electron chi connectivity index (χ3n) is 2.37. The van der Waals surface area contributed by atoms with Gasteiger partial charge < -0.3 is 4.74 Å². The number of aryl methyl sites for hydroxylation is 2. The predicted molar refractivity (Wildman–Crippen MR) is 70.4 cm³/mol. The van der Waals surface area contributed by atoms with E-state index in [1.165, 1.54) is 11.8 Å². The van der Waals surface area contributed by atoms with Gasteiger partial charge in [-0.25, -0.2) is 4.98 Å². The van der Waals surface area contributed by atoms with Crippen molar-refractivity contribution in [1.82, 2.24) is 4.98 Å². The van der Waals surface area contributed by atoms with Crippen LogP contribution in [-0.4, -0.2) is 23.3 Å². The molecule has 0 radical (unpaired) electrons. The molecule has 1 rings (SSSR count). The molecular weight excluding hydrogens is 248 g/mol. The third-order valence-corrected chi connectivity index (χ3v) is 3.34. The maximum Gasteiger partial charge on any atom is 0.316 e. The smallest absolute Gasteiger partial charge is 0.316 e. The first kappa shape index (κ1) is 14.5. The van der Waals surface area contributed by atoms with Crippen LogP contribution in [0.1, 0.15) is 30.7 Å². The van der Waals surface area contributed by atoms with E-state index in [2.05, 4.69) is 11.1 Å². The van der Waals surface area contributed by atoms with Crippen molar-refractivity contribution in [2.45, 2.75) is 32.2 Å². The maximum atomic E-state index is 11.3. The number of carbonyl (C=O) groups excluding carboxylic acids is 1. The first-order chi connectivity index (χ1) is 8.62. The molecule has 0 amide bonds. The number of rotatable bonds is 5. The normalized spacial score (nSPS) is 9.89. The molecule has 0 aliphatic rings. The second kappa shape index (κ2) is 7.02. The van der Waals surface area contributed by atoms with Crippen molar-refractivity contribution in [1.29, 1.82) is 5.26 Å². The Bertz CT molecular complexity index is 481. The number of hydrogen-bond donors (Lipinski definition) is 0. The van der Waals surface area contributed by atoms with E-state index in [0.29, 0.717) is 17.2 Å². The SMILES string of the molecule is CCOC(=O)CSc1nc(CC)c(C)cc1C#N. The average molecular weight is 264 g/mol. The van der Waals surface area contributed by atoms with Crippen molar-refractivity contribution >= 4 is 17.7 Å². The summed E-state index contributed by atoms with van der Waals surface area (Å²) in [6.07, 6.45) is 0.810. The molecule has 1 aromatic heterocycles. The van der Waals surface area contributed by atoms with Crippen LogP contribution in [0.4, 0.5) is 0 Å². The highest BCUT2D eigenvalue weighted by molar-refractivity contribution is 7.99. The molecule has 0 aliphatic heterocycles. The van der Waals surface area contributed by atoms with E-state index in [4.69, 9.17) is 10.00 Å². The molecular formula is C13H16N2O2S. The number of thioether (sulfide) groups is 1. The van der Waals surface area contributed by atoms with Gasteiger partial charge in [0.25, 0.3) is 0 Å². The first-order valence-electron chi connectivity index (χ1n) is 5.81. The third kappa shape index (κ3) is 3.74. The Labute approximate surface area is 111 Å². The van der Waals surface area contributed by atoms with Crippen LogP contribution in [0.5, 0.6) is 0 Å². The quantitative estimate of drug-likeness (QED) is 0.604. The minimum absolute atomic E-state index is 0.182. The molecule has 0 saturated carbocycles. The number of esters is 1. The summed E-state index contributed by atoms with van der Waals surface area (Å²) in [4.78, 5) is 15.7. The highest BCUT2D eigenvalue weighted by Crippen LogP contribution is 2.23. The molecule has 0 aromatic carbocycles. The Morgan fingerprint density at radius 3 is 2.83 bits per heavy atom. The fraction of sp³-hybridized carbons (Fsp3) is 0.462. The maximum absolute atomic E-state index is 11.3. The van der Waals surface area contributed by atoms with Crippen molar-refractivity contribution in [2.24, 2.45) is 0 Å². The van der Waals surface area contributed by atoms with Crippen LogP contribution >= 0.6 is 11.8 Å². The van der Waals surface area contributed by atoms with Crippen molar-refractivity contribution in [3.05, 3.63) is 22.9 Å². The summed E-state index contributed by atoms with van der Waals surface area (Å²) in [6.45, 7) is 6.09. The molecule has 0 atom stereocenters. The lowest BCUT2D eigenvalue weighted by atomic mass is 10.1. The molecule has 0 saturated heterocycles. The summed E-state index contributed by atoms with van der Waals surface area (Å²) in [7, 11) is 0. The molecule has 1 heterocycles. The van der Waals surface area contributed by atoms with Gasteiger partial charge in [0.05, 0.1) is 17.9 Å². The van der Waals surface area contributed by atoms with Gasteiger partial charge in [-0.1, -0.05) is 18.7 Å². The summed E-state index contributed by atoms with van der Waals surface area (Å²) in [5.74, 6) is -0.103. The van der Waals surface area contributed by atoms with Crippen LogP contribution in [0.3, 0.4) is 0 Å². The lowest BCUT2D eigenvalue weighted by Crippen LogP contribution is -2.07. The predicted octanol–water partition coefficient (Wildman–Crippen LogP) is 2.48. The second-order valence-corrected chi connectivity index (χ2v) is 4.63. The van der Waals surface area contributed by atoms with Crippen molar-refractivity contribution in [3.8, 4) is 6.07 Å². The molecule has 0 bridgehead atoms.